The van der Waals surface area contributed by atoms with Gasteiger partial charge in [-0.15, -0.1) is 11.3 Å². The first-order valence-electron chi connectivity index (χ1n) is 10.0. The van der Waals surface area contributed by atoms with Crippen molar-refractivity contribution in [3.8, 4) is 28.0 Å². The molecule has 156 valence electrons. The average Bonchev–Trinajstić information content (AvgIpc) is 3.45. The summed E-state index contributed by atoms with van der Waals surface area (Å²) in [6.45, 7) is 2.87. The normalized spacial score (nSPS) is 18.5. The monoisotopic (exact) mass is 425 g/mol. The van der Waals surface area contributed by atoms with E-state index in [0.717, 1.165) is 54.4 Å². The Balaban J connectivity index is 1.35. The molecule has 1 saturated heterocycles. The van der Waals surface area contributed by atoms with E-state index in [1.54, 1.807) is 24.5 Å². The van der Waals surface area contributed by atoms with Crippen LogP contribution in [0.4, 0.5) is 0 Å². The number of fused-ring (bicyclic) bond motifs is 1. The number of hydrogen-bond donors (Lipinski definition) is 1. The topological polar surface area (TPSA) is 76.7 Å². The molecular formula is C22H23N3O4S. The van der Waals surface area contributed by atoms with E-state index >= 15 is 0 Å². The summed E-state index contributed by atoms with van der Waals surface area (Å²) in [5.41, 5.74) is 1.89. The summed E-state index contributed by atoms with van der Waals surface area (Å²) in [4.78, 5) is 23.3. The van der Waals surface area contributed by atoms with Gasteiger partial charge in [-0.3, -0.25) is 9.69 Å². The van der Waals surface area contributed by atoms with Crippen LogP contribution in [-0.4, -0.2) is 41.9 Å². The molecular weight excluding hydrogens is 402 g/mol. The van der Waals surface area contributed by atoms with Crippen LogP contribution in [0, 0.1) is 0 Å². The molecule has 0 amide bonds. The molecule has 1 N–H and O–H groups in total. The molecule has 0 radical (unpaired) electrons. The van der Waals surface area contributed by atoms with Gasteiger partial charge in [-0.1, -0.05) is 6.07 Å². The van der Waals surface area contributed by atoms with Crippen molar-refractivity contribution < 1.29 is 14.2 Å². The highest BCUT2D eigenvalue weighted by Crippen LogP contribution is 2.42. The number of nitrogens with zero attached hydrogens (tertiary/aromatic N) is 2. The molecule has 8 heteroatoms. The quantitative estimate of drug-likeness (QED) is 0.673. The summed E-state index contributed by atoms with van der Waals surface area (Å²) in [5.74, 6) is 2.99. The van der Waals surface area contributed by atoms with E-state index in [-0.39, 0.29) is 18.3 Å². The fourth-order valence-electron chi connectivity index (χ4n) is 4.19. The van der Waals surface area contributed by atoms with Gasteiger partial charge in [0.2, 0.25) is 12.5 Å². The standard InChI is InChI=1S/C22H23N3O4S/c1-27-17-8-14(9-18-21(17)29-13-28-18)11-25-6-2-4-15(12-25)16-10-20(26)24-22(23-16)19-5-3-7-30-19/h3,5,7-10,15H,2,4,6,11-13H2,1H3,(H,23,24,26)/t15-/m0/s1. The van der Waals surface area contributed by atoms with Crippen LogP contribution in [0.15, 0.2) is 40.5 Å². The Labute approximate surface area is 178 Å². The fourth-order valence-corrected chi connectivity index (χ4v) is 4.86. The lowest BCUT2D eigenvalue weighted by molar-refractivity contribution is 0.171. The van der Waals surface area contributed by atoms with E-state index < -0.39 is 0 Å². The van der Waals surface area contributed by atoms with Gasteiger partial charge < -0.3 is 19.2 Å². The SMILES string of the molecule is COc1cc(CN2CCC[C@H](c3cc(=O)[nH]c(-c4cccs4)n3)C2)cc2c1OCO2. The summed E-state index contributed by atoms with van der Waals surface area (Å²) in [6, 6.07) is 9.63. The minimum atomic E-state index is -0.0963. The predicted molar refractivity (Wildman–Crippen MR) is 115 cm³/mol. The second-order valence-electron chi connectivity index (χ2n) is 7.60. The van der Waals surface area contributed by atoms with Gasteiger partial charge in [0.15, 0.2) is 11.5 Å². The highest BCUT2D eigenvalue weighted by molar-refractivity contribution is 7.13. The second kappa shape index (κ2) is 8.12. The number of aromatic amines is 1. The number of methoxy groups -OCH3 is 1. The third-order valence-corrected chi connectivity index (χ3v) is 6.44. The highest BCUT2D eigenvalue weighted by Gasteiger charge is 2.25. The zero-order chi connectivity index (χ0) is 20.5. The Hall–Kier alpha value is -2.84. The van der Waals surface area contributed by atoms with Crippen molar-refractivity contribution >= 4 is 11.3 Å². The van der Waals surface area contributed by atoms with Gasteiger partial charge in [0, 0.05) is 25.1 Å². The third kappa shape index (κ3) is 3.80. The zero-order valence-corrected chi connectivity index (χ0v) is 17.5. The maximum absolute atomic E-state index is 12.3. The molecule has 1 fully saturated rings. The summed E-state index contributed by atoms with van der Waals surface area (Å²) in [5, 5.41) is 1.99. The van der Waals surface area contributed by atoms with E-state index in [2.05, 4.69) is 9.88 Å². The molecule has 0 bridgehead atoms. The fraction of sp³-hybridized carbons (Fsp3) is 0.364. The lowest BCUT2D eigenvalue weighted by Crippen LogP contribution is -2.34. The molecule has 3 aromatic rings. The number of H-pyrrole nitrogens is 1. The maximum atomic E-state index is 12.3. The molecule has 4 heterocycles. The van der Waals surface area contributed by atoms with Crippen LogP contribution in [0.1, 0.15) is 30.0 Å². The lowest BCUT2D eigenvalue weighted by Gasteiger charge is -2.32. The minimum Gasteiger partial charge on any atom is -0.493 e. The van der Waals surface area contributed by atoms with Crippen LogP contribution >= 0.6 is 11.3 Å². The van der Waals surface area contributed by atoms with Crippen LogP contribution < -0.4 is 19.8 Å². The van der Waals surface area contributed by atoms with Crippen LogP contribution in [0.2, 0.25) is 0 Å². The minimum absolute atomic E-state index is 0.0963. The lowest BCUT2D eigenvalue weighted by atomic mass is 9.94. The Morgan fingerprint density at radius 1 is 1.33 bits per heavy atom. The predicted octanol–water partition coefficient (Wildman–Crippen LogP) is 3.62. The van der Waals surface area contributed by atoms with Gasteiger partial charge in [0.05, 0.1) is 17.7 Å². The van der Waals surface area contributed by atoms with E-state index in [9.17, 15) is 4.79 Å². The Kier molecular flexibility index (Phi) is 5.18. The number of nitrogens with one attached hydrogen (secondary N) is 1. The molecule has 0 spiro atoms. The summed E-state index contributed by atoms with van der Waals surface area (Å²) < 4.78 is 16.5. The highest BCUT2D eigenvalue weighted by atomic mass is 32.1. The van der Waals surface area contributed by atoms with Gasteiger partial charge in [0.1, 0.15) is 5.82 Å². The van der Waals surface area contributed by atoms with Crippen molar-refractivity contribution in [1.29, 1.82) is 0 Å². The van der Waals surface area contributed by atoms with Crippen molar-refractivity contribution in [2.75, 3.05) is 27.0 Å². The largest absolute Gasteiger partial charge is 0.493 e. The van der Waals surface area contributed by atoms with Gasteiger partial charge in [-0.25, -0.2) is 4.98 Å². The maximum Gasteiger partial charge on any atom is 0.251 e. The number of rotatable bonds is 5. The van der Waals surface area contributed by atoms with Gasteiger partial charge in [0.25, 0.3) is 5.56 Å². The second-order valence-corrected chi connectivity index (χ2v) is 8.55. The van der Waals surface area contributed by atoms with Crippen LogP contribution in [0.5, 0.6) is 17.2 Å². The molecule has 5 rings (SSSR count). The number of likely N-dealkylation sites (tertiary alicyclic amines) is 1. The van der Waals surface area contributed by atoms with Crippen molar-refractivity contribution in [2.45, 2.75) is 25.3 Å². The van der Waals surface area contributed by atoms with E-state index in [0.29, 0.717) is 17.3 Å². The first-order chi connectivity index (χ1) is 14.7. The van der Waals surface area contributed by atoms with Crippen molar-refractivity contribution in [1.82, 2.24) is 14.9 Å². The molecule has 30 heavy (non-hydrogen) atoms. The Morgan fingerprint density at radius 2 is 2.27 bits per heavy atom. The third-order valence-electron chi connectivity index (χ3n) is 5.56. The number of piperidine rings is 1. The van der Waals surface area contributed by atoms with Crippen molar-refractivity contribution in [3.05, 3.63) is 57.3 Å². The number of thiophene rings is 1. The van der Waals surface area contributed by atoms with E-state index in [4.69, 9.17) is 19.2 Å². The number of ether oxygens (including phenoxy) is 3. The average molecular weight is 426 g/mol. The summed E-state index contributed by atoms with van der Waals surface area (Å²) >= 11 is 1.58. The Bertz CT molecular complexity index is 1100. The summed E-state index contributed by atoms with van der Waals surface area (Å²) in [7, 11) is 1.64. The molecule has 0 unspecified atom stereocenters. The molecule has 7 nitrogen and oxygen atoms in total. The first-order valence-corrected chi connectivity index (χ1v) is 10.9. The zero-order valence-electron chi connectivity index (χ0n) is 16.7. The number of aromatic nitrogens is 2. The van der Waals surface area contributed by atoms with Crippen LogP contribution in [0.3, 0.4) is 0 Å². The van der Waals surface area contributed by atoms with E-state index in [1.165, 1.54) is 0 Å². The number of benzene rings is 1. The number of hydrogen-bond acceptors (Lipinski definition) is 7. The van der Waals surface area contributed by atoms with Crippen LogP contribution in [0.25, 0.3) is 10.7 Å². The molecule has 1 aromatic carbocycles. The first kappa shape index (κ1) is 19.1. The van der Waals surface area contributed by atoms with Gasteiger partial charge in [-0.2, -0.15) is 0 Å². The Morgan fingerprint density at radius 3 is 3.10 bits per heavy atom. The van der Waals surface area contributed by atoms with Crippen LogP contribution in [-0.2, 0) is 6.54 Å². The smallest absolute Gasteiger partial charge is 0.251 e. The van der Waals surface area contributed by atoms with Gasteiger partial charge in [-0.05, 0) is 48.5 Å². The van der Waals surface area contributed by atoms with E-state index in [1.807, 2.05) is 29.6 Å². The molecule has 2 aliphatic rings. The van der Waals surface area contributed by atoms with Crippen molar-refractivity contribution in [2.24, 2.45) is 0 Å². The molecule has 2 aromatic heterocycles. The molecule has 0 aliphatic carbocycles. The summed E-state index contributed by atoms with van der Waals surface area (Å²) in [6.07, 6.45) is 2.09. The molecule has 1 atom stereocenters. The molecule has 0 saturated carbocycles. The van der Waals surface area contributed by atoms with Crippen molar-refractivity contribution in [3.63, 3.8) is 0 Å². The van der Waals surface area contributed by atoms with Gasteiger partial charge >= 0.3 is 0 Å². The molecule has 2 aliphatic heterocycles.